The van der Waals surface area contributed by atoms with E-state index < -0.39 is 22.8 Å². The standard InChI is InChI=1S/C42H69NO6/c1-26(2)22-27(25-44)43-34(46)42-20-18-36(3,4)23-29(42)28-12-13-31-39(9)16-15-32(49-33(45)24-37(5,6)35(47)48)38(7,8)30(39)14-17-41(31,11)40(28,10)19-21-42/h23,26-28,30-32,44H,12-22,24-25H2,1-11H3,(H,43,46)(H,47,48)/t27-,28+,30?,31+,32-,39-,40+,41+,42-/m0/s1. The number of aliphatic hydroxyl groups is 1. The lowest BCUT2D eigenvalue weighted by Crippen LogP contribution is -2.66. The fourth-order valence-electron chi connectivity index (χ4n) is 12.6. The molecule has 5 rings (SSSR count). The molecule has 5 aliphatic carbocycles. The minimum Gasteiger partial charge on any atom is -0.481 e. The summed E-state index contributed by atoms with van der Waals surface area (Å²) in [6.07, 6.45) is 13.0. The Kier molecular flexibility index (Phi) is 9.90. The second-order valence-corrected chi connectivity index (χ2v) is 20.5. The fraction of sp³-hybridized carbons (Fsp3) is 0.881. The Morgan fingerprint density at radius 1 is 0.878 bits per heavy atom. The van der Waals surface area contributed by atoms with Crippen molar-refractivity contribution in [2.75, 3.05) is 6.61 Å². The number of ether oxygens (including phenoxy) is 1. The van der Waals surface area contributed by atoms with E-state index in [1.54, 1.807) is 13.8 Å². The highest BCUT2D eigenvalue weighted by atomic mass is 16.5. The molecule has 0 saturated heterocycles. The number of aliphatic hydroxyl groups excluding tert-OH is 1. The quantitative estimate of drug-likeness (QED) is 0.166. The van der Waals surface area contributed by atoms with Crippen molar-refractivity contribution in [2.24, 2.45) is 61.6 Å². The van der Waals surface area contributed by atoms with Gasteiger partial charge in [-0.25, -0.2) is 0 Å². The lowest BCUT2D eigenvalue weighted by molar-refractivity contribution is -0.234. The Bertz CT molecular complexity index is 1350. The van der Waals surface area contributed by atoms with Crippen LogP contribution < -0.4 is 5.32 Å². The van der Waals surface area contributed by atoms with E-state index in [0.717, 1.165) is 70.6 Å². The van der Waals surface area contributed by atoms with Gasteiger partial charge in [0, 0.05) is 5.41 Å². The summed E-state index contributed by atoms with van der Waals surface area (Å²) in [5.41, 5.74) is -0.140. The molecule has 4 saturated carbocycles. The number of amides is 1. The van der Waals surface area contributed by atoms with E-state index in [1.807, 2.05) is 0 Å². The maximum absolute atomic E-state index is 14.5. The highest BCUT2D eigenvalue weighted by Crippen LogP contribution is 2.76. The maximum atomic E-state index is 14.5. The molecule has 0 aliphatic heterocycles. The molecule has 1 amide bonds. The molecule has 0 aromatic carbocycles. The van der Waals surface area contributed by atoms with Crippen molar-refractivity contribution in [1.29, 1.82) is 0 Å². The van der Waals surface area contributed by atoms with Crippen LogP contribution in [0.5, 0.6) is 0 Å². The molecule has 0 bridgehead atoms. The summed E-state index contributed by atoms with van der Waals surface area (Å²) in [7, 11) is 0. The van der Waals surface area contributed by atoms with Gasteiger partial charge in [0.1, 0.15) is 6.10 Å². The molecular formula is C42H69NO6. The van der Waals surface area contributed by atoms with Gasteiger partial charge in [0.2, 0.25) is 5.91 Å². The molecule has 9 atom stereocenters. The van der Waals surface area contributed by atoms with Crippen molar-refractivity contribution in [3.8, 4) is 0 Å². The number of esters is 1. The molecule has 1 unspecified atom stereocenters. The van der Waals surface area contributed by atoms with Gasteiger partial charge >= 0.3 is 11.9 Å². The Hall–Kier alpha value is -1.89. The Morgan fingerprint density at radius 2 is 1.53 bits per heavy atom. The molecule has 0 radical (unpaired) electrons. The van der Waals surface area contributed by atoms with Crippen molar-refractivity contribution in [3.63, 3.8) is 0 Å². The summed E-state index contributed by atoms with van der Waals surface area (Å²) in [5, 5.41) is 23.1. The van der Waals surface area contributed by atoms with E-state index in [-0.39, 0.29) is 58.2 Å². The average Bonchev–Trinajstić information content (AvgIpc) is 2.97. The number of nitrogens with one attached hydrogen (secondary N) is 1. The van der Waals surface area contributed by atoms with Gasteiger partial charge in [-0.15, -0.1) is 0 Å². The number of allylic oxidation sites excluding steroid dienone is 1. The Morgan fingerprint density at radius 3 is 2.14 bits per heavy atom. The second kappa shape index (κ2) is 12.7. The van der Waals surface area contributed by atoms with E-state index in [0.29, 0.717) is 23.7 Å². The monoisotopic (exact) mass is 684 g/mol. The largest absolute Gasteiger partial charge is 0.481 e. The third-order valence-corrected chi connectivity index (χ3v) is 15.7. The van der Waals surface area contributed by atoms with Crippen LogP contribution in [0.4, 0.5) is 0 Å². The lowest BCUT2D eigenvalue weighted by atomic mass is 9.32. The molecule has 0 heterocycles. The first-order valence-corrected chi connectivity index (χ1v) is 19.6. The van der Waals surface area contributed by atoms with Gasteiger partial charge in [-0.2, -0.15) is 0 Å². The molecule has 278 valence electrons. The summed E-state index contributed by atoms with van der Waals surface area (Å²) >= 11 is 0. The highest BCUT2D eigenvalue weighted by molar-refractivity contribution is 5.87. The fourth-order valence-corrected chi connectivity index (χ4v) is 12.6. The summed E-state index contributed by atoms with van der Waals surface area (Å²) in [4.78, 5) is 39.2. The topological polar surface area (TPSA) is 113 Å². The predicted molar refractivity (Wildman–Crippen MR) is 193 cm³/mol. The van der Waals surface area contributed by atoms with Gasteiger partial charge in [0.25, 0.3) is 0 Å². The van der Waals surface area contributed by atoms with Crippen molar-refractivity contribution in [3.05, 3.63) is 11.6 Å². The molecule has 0 spiro atoms. The van der Waals surface area contributed by atoms with Crippen LogP contribution in [0.1, 0.15) is 153 Å². The summed E-state index contributed by atoms with van der Waals surface area (Å²) in [5.74, 6) is 0.432. The van der Waals surface area contributed by atoms with Crippen molar-refractivity contribution < 1.29 is 29.3 Å². The van der Waals surface area contributed by atoms with Crippen LogP contribution in [0.3, 0.4) is 0 Å². The Balaban J connectivity index is 1.42. The van der Waals surface area contributed by atoms with Crippen LogP contribution >= 0.6 is 0 Å². The van der Waals surface area contributed by atoms with Crippen LogP contribution in [-0.4, -0.2) is 46.8 Å². The van der Waals surface area contributed by atoms with E-state index in [9.17, 15) is 24.6 Å². The van der Waals surface area contributed by atoms with Gasteiger partial charge in [-0.05, 0) is 130 Å². The molecular weight excluding hydrogens is 614 g/mol. The van der Waals surface area contributed by atoms with Gasteiger partial charge < -0.3 is 20.3 Å². The molecule has 7 nitrogen and oxygen atoms in total. The summed E-state index contributed by atoms with van der Waals surface area (Å²) in [6.45, 7) is 24.4. The van der Waals surface area contributed by atoms with Gasteiger partial charge in [-0.3, -0.25) is 14.4 Å². The Labute approximate surface area is 297 Å². The van der Waals surface area contributed by atoms with Crippen molar-refractivity contribution in [1.82, 2.24) is 5.32 Å². The number of carbonyl (C=O) groups excluding carboxylic acids is 2. The molecule has 3 N–H and O–H groups in total. The van der Waals surface area contributed by atoms with Gasteiger partial charge in [0.15, 0.2) is 0 Å². The molecule has 0 aromatic heterocycles. The number of fused-ring (bicyclic) bond motifs is 7. The van der Waals surface area contributed by atoms with Crippen molar-refractivity contribution >= 4 is 17.8 Å². The summed E-state index contributed by atoms with van der Waals surface area (Å²) < 4.78 is 6.16. The first-order valence-electron chi connectivity index (χ1n) is 19.6. The number of carboxylic acids is 1. The third-order valence-electron chi connectivity index (χ3n) is 15.7. The third kappa shape index (κ3) is 6.22. The highest BCUT2D eigenvalue weighted by Gasteiger charge is 2.70. The normalized spacial score (nSPS) is 40.1. The number of hydrogen-bond acceptors (Lipinski definition) is 5. The number of rotatable bonds is 9. The molecule has 0 aromatic rings. The minimum absolute atomic E-state index is 0.0259. The zero-order valence-corrected chi connectivity index (χ0v) is 32.8. The average molecular weight is 684 g/mol. The predicted octanol–water partition coefficient (Wildman–Crippen LogP) is 8.72. The summed E-state index contributed by atoms with van der Waals surface area (Å²) in [6, 6.07) is -0.212. The van der Waals surface area contributed by atoms with Crippen LogP contribution in [0.15, 0.2) is 11.6 Å². The second-order valence-electron chi connectivity index (χ2n) is 20.5. The van der Waals surface area contributed by atoms with Crippen LogP contribution in [-0.2, 0) is 19.1 Å². The van der Waals surface area contributed by atoms with Gasteiger partial charge in [-0.1, -0.05) is 74.0 Å². The van der Waals surface area contributed by atoms with Gasteiger partial charge in [0.05, 0.1) is 29.9 Å². The number of aliphatic carboxylic acids is 1. The minimum atomic E-state index is -1.15. The molecule has 4 fully saturated rings. The first kappa shape index (κ1) is 38.3. The van der Waals surface area contributed by atoms with E-state index >= 15 is 0 Å². The number of carbonyl (C=O) groups is 3. The number of carboxylic acid groups (broad SMARTS) is 1. The zero-order valence-electron chi connectivity index (χ0n) is 32.8. The van der Waals surface area contributed by atoms with E-state index in [2.05, 4.69) is 73.7 Å². The lowest BCUT2D eigenvalue weighted by Gasteiger charge is -2.72. The van der Waals surface area contributed by atoms with E-state index in [4.69, 9.17) is 4.74 Å². The zero-order chi connectivity index (χ0) is 36.6. The SMILES string of the molecule is CC(C)C[C@@H](CO)NC(=O)[C@]12CCC(C)(C)C=C1[C@H]1CC[C@@H]3[C@@]4(C)CC[C@H](OC(=O)CC(C)(C)C(=O)O)C(C)(C)C4CC[C@@]3(C)[C@]1(C)CC2. The van der Waals surface area contributed by atoms with Crippen molar-refractivity contribution in [2.45, 2.75) is 165 Å². The molecule has 49 heavy (non-hydrogen) atoms. The van der Waals surface area contributed by atoms with E-state index in [1.165, 1.54) is 5.57 Å². The molecule has 5 aliphatic rings. The van der Waals surface area contributed by atoms with Crippen LogP contribution in [0.25, 0.3) is 0 Å². The van der Waals surface area contributed by atoms with Crippen LogP contribution in [0, 0.1) is 61.6 Å². The smallest absolute Gasteiger partial charge is 0.309 e. The molecule has 7 heteroatoms. The first-order chi connectivity index (χ1) is 22.5. The van der Waals surface area contributed by atoms with Crippen LogP contribution in [0.2, 0.25) is 0 Å². The maximum Gasteiger partial charge on any atom is 0.309 e. The number of hydrogen-bond donors (Lipinski definition) is 3.